The van der Waals surface area contributed by atoms with Crippen molar-refractivity contribution < 1.29 is 32.3 Å². The second-order valence-electron chi connectivity index (χ2n) is 5.73. The van der Waals surface area contributed by atoms with Gasteiger partial charge in [-0.15, -0.1) is 0 Å². The molecule has 0 aromatic heterocycles. The van der Waals surface area contributed by atoms with Gasteiger partial charge in [-0.2, -0.15) is 0 Å². The summed E-state index contributed by atoms with van der Waals surface area (Å²) < 4.78 is 36.6. The Kier molecular flexibility index (Phi) is 5.59. The predicted molar refractivity (Wildman–Crippen MR) is 97.0 cm³/mol. The first-order valence-corrected chi connectivity index (χ1v) is 9.67. The third kappa shape index (κ3) is 4.46. The van der Waals surface area contributed by atoms with Crippen LogP contribution in [0.15, 0.2) is 59.5 Å². The predicted octanol–water partition coefficient (Wildman–Crippen LogP) is 1.62. The number of carbonyl (C=O) groups excluding carboxylic acids is 3. The summed E-state index contributed by atoms with van der Waals surface area (Å²) in [6.45, 7) is -0.412. The quantitative estimate of drug-likeness (QED) is 0.727. The standard InChI is InChI=1S/C18H16N2O7S/c21-16(20-10-11-26-18(20)23)12-27-17(22)13-6-8-15(9-7-13)28(24,25)19-14-4-2-1-3-5-14/h1-9,19H,10-12H2. The van der Waals surface area contributed by atoms with Crippen LogP contribution in [-0.2, 0) is 24.3 Å². The Labute approximate surface area is 160 Å². The van der Waals surface area contributed by atoms with Crippen molar-refractivity contribution in [2.45, 2.75) is 4.90 Å². The fourth-order valence-electron chi connectivity index (χ4n) is 2.40. The summed E-state index contributed by atoms with van der Waals surface area (Å²) in [5, 5.41) is 0. The third-order valence-corrected chi connectivity index (χ3v) is 5.21. The first-order chi connectivity index (χ1) is 13.4. The Bertz CT molecular complexity index is 988. The molecular weight excluding hydrogens is 388 g/mol. The number of nitrogens with zero attached hydrogens (tertiary/aromatic N) is 1. The Morgan fingerprint density at radius 1 is 1.07 bits per heavy atom. The lowest BCUT2D eigenvalue weighted by atomic mass is 10.2. The fourth-order valence-corrected chi connectivity index (χ4v) is 3.46. The topological polar surface area (TPSA) is 119 Å². The van der Waals surface area contributed by atoms with Crippen LogP contribution >= 0.6 is 0 Å². The van der Waals surface area contributed by atoms with E-state index in [1.807, 2.05) is 0 Å². The van der Waals surface area contributed by atoms with Crippen molar-refractivity contribution in [1.29, 1.82) is 0 Å². The van der Waals surface area contributed by atoms with E-state index in [1.54, 1.807) is 30.3 Å². The summed E-state index contributed by atoms with van der Waals surface area (Å²) in [4.78, 5) is 35.9. The minimum absolute atomic E-state index is 0.0382. The van der Waals surface area contributed by atoms with Crippen LogP contribution in [0.1, 0.15) is 10.4 Å². The first kappa shape index (κ1) is 19.4. The molecule has 2 aromatic carbocycles. The van der Waals surface area contributed by atoms with Gasteiger partial charge in [0.05, 0.1) is 17.0 Å². The number of ether oxygens (including phenoxy) is 2. The van der Waals surface area contributed by atoms with Crippen molar-refractivity contribution in [1.82, 2.24) is 4.90 Å². The van der Waals surface area contributed by atoms with Crippen LogP contribution in [-0.4, -0.2) is 51.0 Å². The highest BCUT2D eigenvalue weighted by atomic mass is 32.2. The van der Waals surface area contributed by atoms with Crippen molar-refractivity contribution in [2.75, 3.05) is 24.5 Å². The maximum absolute atomic E-state index is 12.4. The molecular formula is C18H16N2O7S. The number of para-hydroxylation sites is 1. The molecule has 2 amide bonds. The van der Waals surface area contributed by atoms with Crippen LogP contribution in [0.25, 0.3) is 0 Å². The van der Waals surface area contributed by atoms with Gasteiger partial charge in [-0.05, 0) is 36.4 Å². The molecule has 146 valence electrons. The molecule has 1 N–H and O–H groups in total. The lowest BCUT2D eigenvalue weighted by Crippen LogP contribution is -2.35. The summed E-state index contributed by atoms with van der Waals surface area (Å²) in [5.74, 6) is -1.51. The Morgan fingerprint density at radius 3 is 2.36 bits per heavy atom. The van der Waals surface area contributed by atoms with Crippen LogP contribution in [0.3, 0.4) is 0 Å². The van der Waals surface area contributed by atoms with Crippen molar-refractivity contribution in [3.05, 3.63) is 60.2 Å². The van der Waals surface area contributed by atoms with Gasteiger partial charge < -0.3 is 9.47 Å². The number of nitrogens with one attached hydrogen (secondary N) is 1. The lowest BCUT2D eigenvalue weighted by Gasteiger charge is -2.11. The van der Waals surface area contributed by atoms with Crippen LogP contribution in [0.2, 0.25) is 0 Å². The van der Waals surface area contributed by atoms with E-state index in [2.05, 4.69) is 9.46 Å². The molecule has 2 aromatic rings. The zero-order chi connectivity index (χ0) is 20.1. The molecule has 0 unspecified atom stereocenters. The molecule has 0 radical (unpaired) electrons. The number of imide groups is 1. The van der Waals surface area contributed by atoms with E-state index in [-0.39, 0.29) is 23.6 Å². The van der Waals surface area contributed by atoms with E-state index in [0.29, 0.717) is 5.69 Å². The first-order valence-electron chi connectivity index (χ1n) is 8.19. The van der Waals surface area contributed by atoms with Gasteiger partial charge >= 0.3 is 12.1 Å². The normalized spacial score (nSPS) is 13.7. The zero-order valence-corrected chi connectivity index (χ0v) is 15.3. The van der Waals surface area contributed by atoms with Gasteiger partial charge in [-0.3, -0.25) is 9.52 Å². The Morgan fingerprint density at radius 2 is 1.75 bits per heavy atom. The smallest absolute Gasteiger partial charge is 0.416 e. The van der Waals surface area contributed by atoms with Crippen molar-refractivity contribution in [3.8, 4) is 0 Å². The number of hydrogen-bond acceptors (Lipinski definition) is 7. The largest absolute Gasteiger partial charge is 0.452 e. The number of cyclic esters (lactones) is 1. The van der Waals surface area contributed by atoms with Gasteiger partial charge in [0.25, 0.3) is 15.9 Å². The monoisotopic (exact) mass is 404 g/mol. The molecule has 3 rings (SSSR count). The molecule has 1 aliphatic rings. The molecule has 0 spiro atoms. The SMILES string of the molecule is O=C(OCC(=O)N1CCOC1=O)c1ccc(S(=O)(=O)Nc2ccccc2)cc1. The second-order valence-corrected chi connectivity index (χ2v) is 7.41. The minimum atomic E-state index is -3.81. The van der Waals surface area contributed by atoms with Crippen LogP contribution in [0, 0.1) is 0 Å². The molecule has 10 heteroatoms. The number of benzene rings is 2. The summed E-state index contributed by atoms with van der Waals surface area (Å²) in [7, 11) is -3.81. The summed E-state index contributed by atoms with van der Waals surface area (Å²) in [5.41, 5.74) is 0.473. The van der Waals surface area contributed by atoms with E-state index in [0.717, 1.165) is 4.90 Å². The lowest BCUT2D eigenvalue weighted by molar-refractivity contribution is -0.131. The van der Waals surface area contributed by atoms with Gasteiger partial charge in [-0.1, -0.05) is 18.2 Å². The molecule has 1 heterocycles. The molecule has 1 aliphatic heterocycles. The number of amides is 2. The van der Waals surface area contributed by atoms with E-state index in [9.17, 15) is 22.8 Å². The van der Waals surface area contributed by atoms with Crippen molar-refractivity contribution >= 4 is 33.7 Å². The number of hydrogen-bond donors (Lipinski definition) is 1. The highest BCUT2D eigenvalue weighted by molar-refractivity contribution is 7.92. The Balaban J connectivity index is 1.61. The number of esters is 1. The van der Waals surface area contributed by atoms with E-state index in [1.165, 1.54) is 24.3 Å². The van der Waals surface area contributed by atoms with Crippen LogP contribution in [0.5, 0.6) is 0 Å². The number of anilines is 1. The third-order valence-electron chi connectivity index (χ3n) is 3.81. The fraction of sp³-hybridized carbons (Fsp3) is 0.167. The maximum Gasteiger partial charge on any atom is 0.416 e. The average Bonchev–Trinajstić information content (AvgIpc) is 3.12. The molecule has 1 fully saturated rings. The van der Waals surface area contributed by atoms with Gasteiger partial charge in [0.1, 0.15) is 6.61 Å². The second kappa shape index (κ2) is 8.09. The minimum Gasteiger partial charge on any atom is -0.452 e. The molecule has 0 aliphatic carbocycles. The molecule has 0 bridgehead atoms. The molecule has 9 nitrogen and oxygen atoms in total. The summed E-state index contributed by atoms with van der Waals surface area (Å²) in [6.07, 6.45) is -0.776. The van der Waals surface area contributed by atoms with Gasteiger partial charge in [0.15, 0.2) is 6.61 Å². The maximum atomic E-state index is 12.4. The highest BCUT2D eigenvalue weighted by Gasteiger charge is 2.29. The van der Waals surface area contributed by atoms with E-state index in [4.69, 9.17) is 4.74 Å². The van der Waals surface area contributed by atoms with Gasteiger partial charge in [0.2, 0.25) is 0 Å². The summed E-state index contributed by atoms with van der Waals surface area (Å²) >= 11 is 0. The zero-order valence-electron chi connectivity index (χ0n) is 14.5. The molecule has 0 atom stereocenters. The van der Waals surface area contributed by atoms with Crippen molar-refractivity contribution in [3.63, 3.8) is 0 Å². The van der Waals surface area contributed by atoms with Crippen LogP contribution < -0.4 is 4.72 Å². The van der Waals surface area contributed by atoms with E-state index >= 15 is 0 Å². The van der Waals surface area contributed by atoms with Gasteiger partial charge in [-0.25, -0.2) is 22.9 Å². The molecule has 0 saturated carbocycles. The van der Waals surface area contributed by atoms with Crippen LogP contribution in [0.4, 0.5) is 10.5 Å². The number of rotatable bonds is 6. The molecule has 28 heavy (non-hydrogen) atoms. The van der Waals surface area contributed by atoms with Gasteiger partial charge in [0, 0.05) is 5.69 Å². The summed E-state index contributed by atoms with van der Waals surface area (Å²) in [6, 6.07) is 13.4. The Hall–Kier alpha value is -3.40. The van der Waals surface area contributed by atoms with Crippen molar-refractivity contribution in [2.24, 2.45) is 0 Å². The van der Waals surface area contributed by atoms with E-state index < -0.39 is 34.6 Å². The number of sulfonamides is 1. The average molecular weight is 404 g/mol. The number of carbonyl (C=O) groups is 3. The molecule has 1 saturated heterocycles. The highest BCUT2D eigenvalue weighted by Crippen LogP contribution is 2.16.